The number of hydrogen-bond donors (Lipinski definition) is 2. The first-order valence-corrected chi connectivity index (χ1v) is 17.6. The molecule has 14 heteroatoms. The van der Waals surface area contributed by atoms with Crippen LogP contribution in [0.25, 0.3) is 17.0 Å². The van der Waals surface area contributed by atoms with Gasteiger partial charge in [0.05, 0.1) is 36.9 Å². The van der Waals surface area contributed by atoms with Gasteiger partial charge in [0.1, 0.15) is 23.7 Å². The number of aryl methyl sites for hydroxylation is 1. The summed E-state index contributed by atoms with van der Waals surface area (Å²) >= 11 is 13.4. The van der Waals surface area contributed by atoms with E-state index in [-0.39, 0.29) is 30.5 Å². The number of carbonyl (C=O) groups excluding carboxylic acids is 3. The molecule has 3 amide bonds. The minimum absolute atomic E-state index is 0.0322. The van der Waals surface area contributed by atoms with Gasteiger partial charge < -0.3 is 29.9 Å². The molecule has 0 saturated carbocycles. The van der Waals surface area contributed by atoms with Crippen molar-refractivity contribution in [3.05, 3.63) is 118 Å². The molecule has 12 nitrogen and oxygen atoms in total. The molecule has 2 aromatic carbocycles. The summed E-state index contributed by atoms with van der Waals surface area (Å²) in [7, 11) is 1.57. The molecule has 6 rings (SSSR count). The number of rotatable bonds is 12. The molecule has 2 N–H and O–H groups in total. The van der Waals surface area contributed by atoms with E-state index >= 15 is 0 Å². The summed E-state index contributed by atoms with van der Waals surface area (Å²) in [5.41, 5.74) is 5.04. The highest BCUT2D eigenvalue weighted by atomic mass is 35.5. The highest BCUT2D eigenvalue weighted by Gasteiger charge is 2.21. The van der Waals surface area contributed by atoms with E-state index in [9.17, 15) is 14.4 Å². The molecule has 0 spiro atoms. The lowest BCUT2D eigenvalue weighted by molar-refractivity contribution is -0.122. The Balaban J connectivity index is 1.04. The molecule has 1 aliphatic rings. The van der Waals surface area contributed by atoms with Crippen molar-refractivity contribution in [3.8, 4) is 5.75 Å². The Labute approximate surface area is 316 Å². The lowest BCUT2D eigenvalue weighted by Crippen LogP contribution is -2.37. The summed E-state index contributed by atoms with van der Waals surface area (Å²) in [6.07, 6.45) is 7.82. The number of benzene rings is 2. The zero-order chi connectivity index (χ0) is 37.3. The number of pyridine rings is 3. The molecular formula is C39H37Cl2N7O5. The van der Waals surface area contributed by atoms with Gasteiger partial charge in [0, 0.05) is 72.2 Å². The number of para-hydroxylation sites is 1. The quantitative estimate of drug-likeness (QED) is 0.146. The van der Waals surface area contributed by atoms with Crippen LogP contribution < -0.4 is 25.2 Å². The summed E-state index contributed by atoms with van der Waals surface area (Å²) in [5.74, 6) is -0.131. The summed E-state index contributed by atoms with van der Waals surface area (Å²) in [6.45, 7) is 4.62. The van der Waals surface area contributed by atoms with Crippen LogP contribution >= 0.6 is 23.2 Å². The van der Waals surface area contributed by atoms with Gasteiger partial charge in [0.15, 0.2) is 0 Å². The number of halogens is 2. The standard InChI is InChI=1S/C39H37Cl2N7O5/c1-25-20-32(48-16-18-52-19-17-48)28-4-3-5-33(39(28)45-25)53-24-29-30(40)8-9-31(38(29)41)47(2)37(51)23-44-35(49)11-7-27-6-10-34(43-22-27)46-36(50)21-26-12-14-42-15-13-26/h3-15,20,22H,16-19,21,23-24H2,1-2H3,(H,44,49)(H,43,46,50). The van der Waals surface area contributed by atoms with Gasteiger partial charge in [-0.2, -0.15) is 0 Å². The van der Waals surface area contributed by atoms with Crippen LogP contribution in [0.5, 0.6) is 5.75 Å². The number of carbonyl (C=O) groups is 3. The zero-order valence-corrected chi connectivity index (χ0v) is 30.7. The maximum absolute atomic E-state index is 13.1. The van der Waals surface area contributed by atoms with Gasteiger partial charge in [-0.1, -0.05) is 35.3 Å². The predicted octanol–water partition coefficient (Wildman–Crippen LogP) is 6.03. The smallest absolute Gasteiger partial charge is 0.246 e. The maximum Gasteiger partial charge on any atom is 0.246 e. The number of hydrogen-bond acceptors (Lipinski definition) is 9. The molecule has 53 heavy (non-hydrogen) atoms. The van der Waals surface area contributed by atoms with E-state index in [1.54, 1.807) is 61.9 Å². The summed E-state index contributed by atoms with van der Waals surface area (Å²) in [6, 6.07) is 18.1. The second-order valence-corrected chi connectivity index (χ2v) is 13.0. The van der Waals surface area contributed by atoms with Crippen molar-refractivity contribution in [1.29, 1.82) is 0 Å². The molecule has 0 bridgehead atoms. The number of ether oxygens (including phenoxy) is 2. The Morgan fingerprint density at radius 1 is 1.04 bits per heavy atom. The maximum atomic E-state index is 13.1. The van der Waals surface area contributed by atoms with Crippen LogP contribution in [0.2, 0.25) is 10.0 Å². The van der Waals surface area contributed by atoms with Gasteiger partial charge in [0.2, 0.25) is 17.7 Å². The van der Waals surface area contributed by atoms with Crippen LogP contribution in [0, 0.1) is 6.92 Å². The van der Waals surface area contributed by atoms with Gasteiger partial charge >= 0.3 is 0 Å². The first-order valence-electron chi connectivity index (χ1n) is 16.9. The summed E-state index contributed by atoms with van der Waals surface area (Å²) in [5, 5.41) is 6.94. The molecule has 5 aromatic rings. The number of morpholine rings is 1. The molecule has 0 aliphatic carbocycles. The van der Waals surface area contributed by atoms with Crippen LogP contribution in [-0.4, -0.2) is 72.6 Å². The summed E-state index contributed by atoms with van der Waals surface area (Å²) in [4.78, 5) is 54.6. The Morgan fingerprint density at radius 2 is 1.83 bits per heavy atom. The molecular weight excluding hydrogens is 717 g/mol. The van der Waals surface area contributed by atoms with E-state index < -0.39 is 11.8 Å². The van der Waals surface area contributed by atoms with Gasteiger partial charge in [-0.05, 0) is 72.7 Å². The van der Waals surface area contributed by atoms with E-state index in [0.29, 0.717) is 46.6 Å². The molecule has 1 aliphatic heterocycles. The van der Waals surface area contributed by atoms with Crippen molar-refractivity contribution < 1.29 is 23.9 Å². The second kappa shape index (κ2) is 17.3. The lowest BCUT2D eigenvalue weighted by Gasteiger charge is -2.30. The van der Waals surface area contributed by atoms with E-state index in [2.05, 4.69) is 31.6 Å². The average molecular weight is 755 g/mol. The van der Waals surface area contributed by atoms with E-state index in [4.69, 9.17) is 37.7 Å². The molecule has 3 aromatic heterocycles. The number of nitrogens with zero attached hydrogens (tertiary/aromatic N) is 5. The largest absolute Gasteiger partial charge is 0.487 e. The minimum atomic E-state index is -0.478. The fraction of sp³-hybridized carbons (Fsp3) is 0.231. The van der Waals surface area contributed by atoms with Crippen molar-refractivity contribution in [2.45, 2.75) is 20.0 Å². The van der Waals surface area contributed by atoms with Crippen molar-refractivity contribution in [2.75, 3.05) is 55.0 Å². The predicted molar refractivity (Wildman–Crippen MR) is 207 cm³/mol. The first kappa shape index (κ1) is 37.2. The average Bonchev–Trinajstić information content (AvgIpc) is 3.17. The van der Waals surface area contributed by atoms with Crippen molar-refractivity contribution >= 4 is 75.1 Å². The Hall–Kier alpha value is -5.56. The topological polar surface area (TPSA) is 139 Å². The number of amides is 3. The van der Waals surface area contributed by atoms with Crippen LogP contribution in [0.1, 0.15) is 22.4 Å². The van der Waals surface area contributed by atoms with Gasteiger partial charge in [-0.3, -0.25) is 19.4 Å². The molecule has 1 fully saturated rings. The third-order valence-corrected chi connectivity index (χ3v) is 9.32. The third-order valence-electron chi connectivity index (χ3n) is 8.54. The van der Waals surface area contributed by atoms with Gasteiger partial charge in [0.25, 0.3) is 0 Å². The third kappa shape index (κ3) is 9.46. The van der Waals surface area contributed by atoms with E-state index in [1.807, 2.05) is 25.1 Å². The zero-order valence-electron chi connectivity index (χ0n) is 29.1. The fourth-order valence-electron chi connectivity index (χ4n) is 5.73. The second-order valence-electron chi connectivity index (χ2n) is 12.2. The lowest BCUT2D eigenvalue weighted by atomic mass is 10.1. The molecule has 0 atom stereocenters. The number of likely N-dealkylation sites (N-methyl/N-ethyl adjacent to an activating group) is 1. The molecule has 0 unspecified atom stereocenters. The van der Waals surface area contributed by atoms with Gasteiger partial charge in [-0.25, -0.2) is 9.97 Å². The molecule has 4 heterocycles. The Morgan fingerprint density at radius 3 is 2.58 bits per heavy atom. The Kier molecular flexibility index (Phi) is 12.1. The minimum Gasteiger partial charge on any atom is -0.487 e. The molecule has 1 saturated heterocycles. The number of anilines is 3. The number of aromatic nitrogens is 3. The first-order chi connectivity index (χ1) is 25.7. The fourth-order valence-corrected chi connectivity index (χ4v) is 6.34. The molecule has 0 radical (unpaired) electrons. The number of fused-ring (bicyclic) bond motifs is 1. The van der Waals surface area contributed by atoms with Crippen LogP contribution in [0.3, 0.4) is 0 Å². The van der Waals surface area contributed by atoms with Crippen molar-refractivity contribution in [2.24, 2.45) is 0 Å². The molecule has 272 valence electrons. The van der Waals surface area contributed by atoms with E-state index in [0.717, 1.165) is 40.9 Å². The monoisotopic (exact) mass is 753 g/mol. The SMILES string of the molecule is Cc1cc(N2CCOCC2)c2cccc(OCc3c(Cl)ccc(N(C)C(=O)CNC(=O)C=Cc4ccc(NC(=O)Cc5ccncc5)nc4)c3Cl)c2n1. The Bertz CT molecular complexity index is 2140. The van der Waals surface area contributed by atoms with Crippen LogP contribution in [0.15, 0.2) is 85.3 Å². The van der Waals surface area contributed by atoms with E-state index in [1.165, 1.54) is 17.2 Å². The summed E-state index contributed by atoms with van der Waals surface area (Å²) < 4.78 is 11.8. The normalized spacial score (nSPS) is 12.9. The van der Waals surface area contributed by atoms with Crippen LogP contribution in [-0.2, 0) is 32.1 Å². The van der Waals surface area contributed by atoms with Crippen molar-refractivity contribution in [3.63, 3.8) is 0 Å². The highest BCUT2D eigenvalue weighted by Crippen LogP contribution is 2.37. The highest BCUT2D eigenvalue weighted by molar-refractivity contribution is 6.38. The van der Waals surface area contributed by atoms with Gasteiger partial charge in [-0.15, -0.1) is 0 Å². The van der Waals surface area contributed by atoms with Crippen LogP contribution in [0.4, 0.5) is 17.2 Å². The number of nitrogens with one attached hydrogen (secondary N) is 2. The van der Waals surface area contributed by atoms with Crippen molar-refractivity contribution in [1.82, 2.24) is 20.3 Å².